The molecule has 1 N–H and O–H groups in total. The van der Waals surface area contributed by atoms with Gasteiger partial charge in [0.1, 0.15) is 16.7 Å². The van der Waals surface area contributed by atoms with Gasteiger partial charge < -0.3 is 5.32 Å². The highest BCUT2D eigenvalue weighted by Gasteiger charge is 2.40. The number of nitriles is 1. The smallest absolute Gasteiger partial charge is 0.269 e. The van der Waals surface area contributed by atoms with Crippen molar-refractivity contribution in [2.45, 2.75) is 18.6 Å². The monoisotopic (exact) mass is 507 g/mol. The molecule has 1 fully saturated rings. The van der Waals surface area contributed by atoms with Crippen molar-refractivity contribution in [3.63, 3.8) is 0 Å². The van der Waals surface area contributed by atoms with Gasteiger partial charge in [-0.15, -0.1) is 0 Å². The summed E-state index contributed by atoms with van der Waals surface area (Å²) in [6, 6.07) is 23.5. The highest BCUT2D eigenvalue weighted by atomic mass is 35.5. The van der Waals surface area contributed by atoms with E-state index in [4.69, 9.17) is 23.2 Å². The zero-order valence-electron chi connectivity index (χ0n) is 18.1. The molecule has 1 saturated heterocycles. The lowest BCUT2D eigenvalue weighted by atomic mass is 10.0. The second kappa shape index (κ2) is 10.4. The van der Waals surface area contributed by atoms with E-state index in [0.29, 0.717) is 27.8 Å². The van der Waals surface area contributed by atoms with Gasteiger partial charge in [0.15, 0.2) is 0 Å². The number of hydrogen-bond donors (Lipinski definition) is 1. The summed E-state index contributed by atoms with van der Waals surface area (Å²) < 4.78 is 0. The standard InChI is InChI=1S/C26H19Cl2N3O2S/c1-16-7-5-6-8-17(16)13-23-25(33)31(19-9-3-2-4-10-19)26(34-23)20(15-29)24(32)30-18-11-12-21(27)22(28)14-18/h2-12,14,23H,13H2,1H3,(H,30,32). The number of para-hydroxylation sites is 1. The lowest BCUT2D eigenvalue weighted by Crippen LogP contribution is -2.31. The number of carbonyl (C=O) groups excluding carboxylic acids is 2. The van der Waals surface area contributed by atoms with Crippen molar-refractivity contribution in [1.82, 2.24) is 0 Å². The topological polar surface area (TPSA) is 73.2 Å². The summed E-state index contributed by atoms with van der Waals surface area (Å²) in [6.07, 6.45) is 0.482. The molecule has 1 aliphatic rings. The quantitative estimate of drug-likeness (QED) is 0.321. The second-order valence-corrected chi connectivity index (χ2v) is 9.63. The van der Waals surface area contributed by atoms with Crippen LogP contribution in [-0.2, 0) is 16.0 Å². The Hall–Kier alpha value is -3.24. The van der Waals surface area contributed by atoms with Gasteiger partial charge in [0.2, 0.25) is 5.91 Å². The molecular weight excluding hydrogens is 489 g/mol. The molecule has 4 rings (SSSR count). The zero-order valence-corrected chi connectivity index (χ0v) is 20.4. The predicted molar refractivity (Wildman–Crippen MR) is 138 cm³/mol. The van der Waals surface area contributed by atoms with Crippen LogP contribution in [0, 0.1) is 18.3 Å². The summed E-state index contributed by atoms with van der Waals surface area (Å²) in [5.74, 6) is -0.807. The molecule has 2 amide bonds. The minimum Gasteiger partial charge on any atom is -0.321 e. The lowest BCUT2D eigenvalue weighted by Gasteiger charge is -2.18. The zero-order chi connectivity index (χ0) is 24.2. The molecule has 1 aliphatic heterocycles. The number of rotatable bonds is 5. The summed E-state index contributed by atoms with van der Waals surface area (Å²) in [4.78, 5) is 28.1. The maximum atomic E-state index is 13.5. The van der Waals surface area contributed by atoms with Gasteiger partial charge in [0.05, 0.1) is 15.3 Å². The first kappa shape index (κ1) is 23.9. The van der Waals surface area contributed by atoms with Crippen molar-refractivity contribution in [2.75, 3.05) is 10.2 Å². The van der Waals surface area contributed by atoms with E-state index in [2.05, 4.69) is 5.32 Å². The molecule has 1 unspecified atom stereocenters. The van der Waals surface area contributed by atoms with Gasteiger partial charge in [-0.05, 0) is 54.8 Å². The number of anilines is 2. The van der Waals surface area contributed by atoms with Crippen LogP contribution in [0.4, 0.5) is 11.4 Å². The predicted octanol–water partition coefficient (Wildman–Crippen LogP) is 6.37. The molecule has 0 radical (unpaired) electrons. The molecular formula is C26H19Cl2N3O2S. The highest BCUT2D eigenvalue weighted by molar-refractivity contribution is 8.05. The Morgan fingerprint density at radius 3 is 2.44 bits per heavy atom. The Bertz CT molecular complexity index is 1340. The number of nitrogens with zero attached hydrogens (tertiary/aromatic N) is 2. The van der Waals surface area contributed by atoms with Crippen LogP contribution in [0.15, 0.2) is 83.4 Å². The first-order chi connectivity index (χ1) is 16.4. The van der Waals surface area contributed by atoms with Gasteiger partial charge in [-0.3, -0.25) is 14.5 Å². The fourth-order valence-corrected chi connectivity index (χ4v) is 5.20. The van der Waals surface area contributed by atoms with Crippen LogP contribution in [0.3, 0.4) is 0 Å². The molecule has 0 spiro atoms. The summed E-state index contributed by atoms with van der Waals surface area (Å²) in [6.45, 7) is 2.00. The first-order valence-corrected chi connectivity index (χ1v) is 12.0. The van der Waals surface area contributed by atoms with E-state index >= 15 is 0 Å². The number of benzene rings is 3. The van der Waals surface area contributed by atoms with Crippen LogP contribution in [0.5, 0.6) is 0 Å². The molecule has 0 bridgehead atoms. The van der Waals surface area contributed by atoms with Crippen LogP contribution >= 0.6 is 35.0 Å². The van der Waals surface area contributed by atoms with Gasteiger partial charge in [-0.25, -0.2) is 0 Å². The van der Waals surface area contributed by atoms with Crippen molar-refractivity contribution in [1.29, 1.82) is 5.26 Å². The minimum atomic E-state index is -0.631. The number of aryl methyl sites for hydroxylation is 1. The van der Waals surface area contributed by atoms with Gasteiger partial charge in [0, 0.05) is 11.4 Å². The Morgan fingerprint density at radius 2 is 1.76 bits per heavy atom. The maximum Gasteiger partial charge on any atom is 0.269 e. The fourth-order valence-electron chi connectivity index (χ4n) is 3.61. The van der Waals surface area contributed by atoms with Crippen LogP contribution < -0.4 is 10.2 Å². The van der Waals surface area contributed by atoms with E-state index in [-0.39, 0.29) is 16.5 Å². The third-order valence-corrected chi connectivity index (χ3v) is 7.37. The average Bonchev–Trinajstić information content (AvgIpc) is 3.14. The van der Waals surface area contributed by atoms with Gasteiger partial charge in [0.25, 0.3) is 5.91 Å². The molecule has 0 aliphatic carbocycles. The van der Waals surface area contributed by atoms with Crippen molar-refractivity contribution >= 4 is 58.2 Å². The third-order valence-electron chi connectivity index (χ3n) is 5.36. The average molecular weight is 508 g/mol. The Kier molecular flexibility index (Phi) is 7.28. The highest BCUT2D eigenvalue weighted by Crippen LogP contribution is 2.42. The summed E-state index contributed by atoms with van der Waals surface area (Å²) in [7, 11) is 0. The van der Waals surface area contributed by atoms with E-state index in [1.54, 1.807) is 36.4 Å². The summed E-state index contributed by atoms with van der Waals surface area (Å²) in [5.41, 5.74) is 2.96. The number of nitrogens with one attached hydrogen (secondary N) is 1. The number of carbonyl (C=O) groups is 2. The van der Waals surface area contributed by atoms with E-state index < -0.39 is 11.2 Å². The molecule has 34 heavy (non-hydrogen) atoms. The molecule has 8 heteroatoms. The molecule has 170 valence electrons. The van der Waals surface area contributed by atoms with Crippen LogP contribution in [0.25, 0.3) is 0 Å². The summed E-state index contributed by atoms with van der Waals surface area (Å²) in [5, 5.41) is 13.1. The Labute approximate surface area is 212 Å². The third kappa shape index (κ3) is 4.97. The van der Waals surface area contributed by atoms with Gasteiger partial charge in [-0.2, -0.15) is 5.26 Å². The summed E-state index contributed by atoms with van der Waals surface area (Å²) >= 11 is 13.2. The van der Waals surface area contributed by atoms with Crippen LogP contribution in [0.1, 0.15) is 11.1 Å². The second-order valence-electron chi connectivity index (χ2n) is 7.62. The largest absolute Gasteiger partial charge is 0.321 e. The molecule has 1 atom stereocenters. The van der Waals surface area contributed by atoms with Crippen molar-refractivity contribution in [3.05, 3.63) is 105 Å². The first-order valence-electron chi connectivity index (χ1n) is 10.4. The molecule has 3 aromatic carbocycles. The van der Waals surface area contributed by atoms with Crippen LogP contribution in [-0.4, -0.2) is 17.1 Å². The maximum absolute atomic E-state index is 13.5. The molecule has 3 aromatic rings. The SMILES string of the molecule is Cc1ccccc1CC1SC(=C(C#N)C(=O)Nc2ccc(Cl)c(Cl)c2)N(c2ccccc2)C1=O. The Balaban J connectivity index is 1.72. The van der Waals surface area contributed by atoms with Crippen LogP contribution in [0.2, 0.25) is 10.0 Å². The lowest BCUT2D eigenvalue weighted by molar-refractivity contribution is -0.117. The van der Waals surface area contributed by atoms with Gasteiger partial charge in [-0.1, -0.05) is 77.4 Å². The van der Waals surface area contributed by atoms with Crippen molar-refractivity contribution < 1.29 is 9.59 Å². The number of thioether (sulfide) groups is 1. The molecule has 0 aromatic heterocycles. The van der Waals surface area contributed by atoms with E-state index in [9.17, 15) is 14.9 Å². The van der Waals surface area contributed by atoms with E-state index in [1.165, 1.54) is 22.7 Å². The normalized spacial score (nSPS) is 16.8. The number of hydrogen-bond acceptors (Lipinski definition) is 4. The number of amides is 2. The van der Waals surface area contributed by atoms with E-state index in [1.807, 2.05) is 43.3 Å². The molecule has 0 saturated carbocycles. The molecule has 5 nitrogen and oxygen atoms in total. The Morgan fingerprint density at radius 1 is 1.06 bits per heavy atom. The molecule has 1 heterocycles. The van der Waals surface area contributed by atoms with Crippen molar-refractivity contribution in [3.8, 4) is 6.07 Å². The van der Waals surface area contributed by atoms with E-state index in [0.717, 1.165) is 11.1 Å². The fraction of sp³-hybridized carbons (Fsp3) is 0.115. The van der Waals surface area contributed by atoms with Crippen molar-refractivity contribution in [2.24, 2.45) is 0 Å². The minimum absolute atomic E-state index is 0.152. The van der Waals surface area contributed by atoms with Gasteiger partial charge >= 0.3 is 0 Å². The number of halogens is 2.